The predicted octanol–water partition coefficient (Wildman–Crippen LogP) is 2.14. The number of hydrogen-bond donors (Lipinski definition) is 1. The molecule has 0 saturated carbocycles. The predicted molar refractivity (Wildman–Crippen MR) is 77.4 cm³/mol. The number of ether oxygens (including phenoxy) is 1. The van der Waals surface area contributed by atoms with E-state index < -0.39 is 0 Å². The van der Waals surface area contributed by atoms with E-state index in [9.17, 15) is 4.79 Å². The number of amides is 1. The number of carbonyl (C=O) groups is 1. The maximum atomic E-state index is 12.6. The molecule has 104 valence electrons. The molecule has 19 heavy (non-hydrogen) atoms. The van der Waals surface area contributed by atoms with Crippen LogP contribution in [0.15, 0.2) is 16.7 Å². The maximum Gasteiger partial charge on any atom is 0.257 e. The van der Waals surface area contributed by atoms with Crippen LogP contribution in [-0.4, -0.2) is 49.1 Å². The van der Waals surface area contributed by atoms with E-state index in [-0.39, 0.29) is 12.0 Å². The van der Waals surface area contributed by atoms with Gasteiger partial charge in [0.25, 0.3) is 5.91 Å². The molecular formula is C13H18BrN3O2. The third kappa shape index (κ3) is 3.25. The van der Waals surface area contributed by atoms with Gasteiger partial charge in [-0.25, -0.2) is 4.98 Å². The largest absolute Gasteiger partial charge is 0.380 e. The fourth-order valence-corrected chi connectivity index (χ4v) is 2.62. The van der Waals surface area contributed by atoms with E-state index in [4.69, 9.17) is 4.74 Å². The molecule has 2 rings (SSSR count). The normalized spacial score (nSPS) is 19.3. The van der Waals surface area contributed by atoms with Gasteiger partial charge in [0.05, 0.1) is 11.7 Å². The lowest BCUT2D eigenvalue weighted by atomic mass is 10.1. The molecule has 0 bridgehead atoms. The number of hydrogen-bond acceptors (Lipinski definition) is 4. The lowest BCUT2D eigenvalue weighted by molar-refractivity contribution is 0.0269. The molecule has 0 radical (unpaired) electrons. The zero-order valence-electron chi connectivity index (χ0n) is 11.1. The Morgan fingerprint density at radius 3 is 3.11 bits per heavy atom. The quantitative estimate of drug-likeness (QED) is 0.924. The first kappa shape index (κ1) is 14.3. The Bertz CT molecular complexity index is 467. The van der Waals surface area contributed by atoms with Crippen molar-refractivity contribution in [2.24, 2.45) is 0 Å². The lowest BCUT2D eigenvalue weighted by Gasteiger charge is -2.32. The van der Waals surface area contributed by atoms with Gasteiger partial charge in [0.1, 0.15) is 5.82 Å². The fraction of sp³-hybridized carbons (Fsp3) is 0.538. The second kappa shape index (κ2) is 6.34. The zero-order valence-corrected chi connectivity index (χ0v) is 12.7. The van der Waals surface area contributed by atoms with E-state index in [0.717, 1.165) is 23.9 Å². The van der Waals surface area contributed by atoms with Crippen molar-refractivity contribution in [2.45, 2.75) is 18.9 Å². The van der Waals surface area contributed by atoms with Crippen LogP contribution in [0.2, 0.25) is 0 Å². The summed E-state index contributed by atoms with van der Waals surface area (Å²) < 4.78 is 6.15. The third-order valence-corrected chi connectivity index (χ3v) is 3.75. The van der Waals surface area contributed by atoms with Gasteiger partial charge in [-0.05, 0) is 34.8 Å². The van der Waals surface area contributed by atoms with Crippen molar-refractivity contribution in [2.75, 3.05) is 32.6 Å². The molecule has 1 aliphatic heterocycles. The lowest BCUT2D eigenvalue weighted by Crippen LogP contribution is -2.43. The van der Waals surface area contributed by atoms with Crippen LogP contribution in [-0.2, 0) is 4.74 Å². The van der Waals surface area contributed by atoms with Gasteiger partial charge in [0, 0.05) is 37.9 Å². The molecule has 1 amide bonds. The highest BCUT2D eigenvalue weighted by atomic mass is 79.9. The van der Waals surface area contributed by atoms with Crippen LogP contribution >= 0.6 is 15.9 Å². The smallest absolute Gasteiger partial charge is 0.257 e. The van der Waals surface area contributed by atoms with Gasteiger partial charge in [0.15, 0.2) is 0 Å². The summed E-state index contributed by atoms with van der Waals surface area (Å²) in [6, 6.07) is 1.80. The Morgan fingerprint density at radius 1 is 1.63 bits per heavy atom. The number of pyridine rings is 1. The van der Waals surface area contributed by atoms with Crippen molar-refractivity contribution in [3.63, 3.8) is 0 Å². The number of piperidine rings is 1. The van der Waals surface area contributed by atoms with E-state index in [1.165, 1.54) is 0 Å². The number of halogens is 1. The van der Waals surface area contributed by atoms with Crippen LogP contribution in [0.5, 0.6) is 0 Å². The Kier molecular flexibility index (Phi) is 4.76. The first-order chi connectivity index (χ1) is 9.15. The van der Waals surface area contributed by atoms with Crippen molar-refractivity contribution in [1.82, 2.24) is 9.88 Å². The number of likely N-dealkylation sites (tertiary alicyclic amines) is 1. The number of aromatic nitrogens is 1. The van der Waals surface area contributed by atoms with Gasteiger partial charge in [-0.2, -0.15) is 0 Å². The summed E-state index contributed by atoms with van der Waals surface area (Å²) in [5.74, 6) is 0.604. The Morgan fingerprint density at radius 2 is 2.42 bits per heavy atom. The van der Waals surface area contributed by atoms with Crippen LogP contribution in [0, 0.1) is 0 Å². The van der Waals surface area contributed by atoms with Gasteiger partial charge < -0.3 is 15.0 Å². The van der Waals surface area contributed by atoms with Crippen molar-refractivity contribution in [3.8, 4) is 0 Å². The van der Waals surface area contributed by atoms with E-state index in [1.54, 1.807) is 26.4 Å². The minimum atomic E-state index is -0.0000926. The molecule has 1 atom stereocenters. The van der Waals surface area contributed by atoms with Gasteiger partial charge in [0.2, 0.25) is 0 Å². The van der Waals surface area contributed by atoms with Crippen molar-refractivity contribution in [3.05, 3.63) is 22.3 Å². The minimum absolute atomic E-state index is 0.0000926. The molecular weight excluding hydrogens is 310 g/mol. The minimum Gasteiger partial charge on any atom is -0.380 e. The van der Waals surface area contributed by atoms with E-state index >= 15 is 0 Å². The van der Waals surface area contributed by atoms with E-state index in [0.29, 0.717) is 17.9 Å². The monoisotopic (exact) mass is 327 g/mol. The SMILES string of the molecule is CNc1ncc(Br)cc1C(=O)N1CCCC(OC)C1. The molecule has 1 fully saturated rings. The summed E-state index contributed by atoms with van der Waals surface area (Å²) >= 11 is 3.36. The average Bonchev–Trinajstić information content (AvgIpc) is 2.46. The highest BCUT2D eigenvalue weighted by Gasteiger charge is 2.26. The molecule has 1 aromatic heterocycles. The van der Waals surface area contributed by atoms with Crippen molar-refractivity contribution in [1.29, 1.82) is 0 Å². The number of rotatable bonds is 3. The van der Waals surface area contributed by atoms with Crippen LogP contribution in [0.3, 0.4) is 0 Å². The molecule has 0 aliphatic carbocycles. The maximum absolute atomic E-state index is 12.6. The Hall–Kier alpha value is -1.14. The Labute approximate surface area is 121 Å². The van der Waals surface area contributed by atoms with Gasteiger partial charge in [-0.3, -0.25) is 4.79 Å². The van der Waals surface area contributed by atoms with Crippen LogP contribution in [0.4, 0.5) is 5.82 Å². The molecule has 2 heterocycles. The van der Waals surface area contributed by atoms with E-state index in [1.807, 2.05) is 4.90 Å². The van der Waals surface area contributed by atoms with Gasteiger partial charge in [-0.1, -0.05) is 0 Å². The Balaban J connectivity index is 2.21. The third-order valence-electron chi connectivity index (χ3n) is 3.32. The first-order valence-electron chi connectivity index (χ1n) is 6.31. The number of nitrogens with one attached hydrogen (secondary N) is 1. The van der Waals surface area contributed by atoms with Crippen LogP contribution in [0.1, 0.15) is 23.2 Å². The summed E-state index contributed by atoms with van der Waals surface area (Å²) in [6.45, 7) is 1.42. The summed E-state index contributed by atoms with van der Waals surface area (Å²) in [7, 11) is 3.46. The molecule has 6 heteroatoms. The number of nitrogens with zero attached hydrogens (tertiary/aromatic N) is 2. The molecule has 1 N–H and O–H groups in total. The second-order valence-corrected chi connectivity index (χ2v) is 5.47. The summed E-state index contributed by atoms with van der Waals surface area (Å²) in [6.07, 6.45) is 3.80. The first-order valence-corrected chi connectivity index (χ1v) is 7.10. The highest BCUT2D eigenvalue weighted by molar-refractivity contribution is 9.10. The highest BCUT2D eigenvalue weighted by Crippen LogP contribution is 2.22. The number of carbonyl (C=O) groups excluding carboxylic acids is 1. The molecule has 1 unspecified atom stereocenters. The van der Waals surface area contributed by atoms with Gasteiger partial charge in [-0.15, -0.1) is 0 Å². The molecule has 0 spiro atoms. The van der Waals surface area contributed by atoms with E-state index in [2.05, 4.69) is 26.2 Å². The summed E-state index contributed by atoms with van der Waals surface area (Å²) in [4.78, 5) is 18.6. The standard InChI is InChI=1S/C13H18BrN3O2/c1-15-12-11(6-9(14)7-16-12)13(18)17-5-3-4-10(8-17)19-2/h6-7,10H,3-5,8H2,1-2H3,(H,15,16). The van der Waals surface area contributed by atoms with Crippen molar-refractivity contribution < 1.29 is 9.53 Å². The molecule has 0 aromatic carbocycles. The summed E-state index contributed by atoms with van der Waals surface area (Å²) in [5, 5.41) is 2.96. The molecule has 1 saturated heterocycles. The van der Waals surface area contributed by atoms with Crippen LogP contribution < -0.4 is 5.32 Å². The summed E-state index contributed by atoms with van der Waals surface area (Å²) in [5.41, 5.74) is 0.591. The zero-order chi connectivity index (χ0) is 13.8. The number of anilines is 1. The molecule has 1 aromatic rings. The molecule has 5 nitrogen and oxygen atoms in total. The van der Waals surface area contributed by atoms with Crippen molar-refractivity contribution >= 4 is 27.7 Å². The second-order valence-electron chi connectivity index (χ2n) is 4.55. The molecule has 1 aliphatic rings. The average molecular weight is 328 g/mol. The van der Waals surface area contributed by atoms with Crippen LogP contribution in [0.25, 0.3) is 0 Å². The fourth-order valence-electron chi connectivity index (χ4n) is 2.29. The number of methoxy groups -OCH3 is 1. The topological polar surface area (TPSA) is 54.5 Å². The van der Waals surface area contributed by atoms with Gasteiger partial charge >= 0.3 is 0 Å².